The fourth-order valence-electron chi connectivity index (χ4n) is 2.26. The molecule has 0 saturated heterocycles. The minimum Gasteiger partial charge on any atom is -0.376 e. The Bertz CT molecular complexity index is 694. The first-order chi connectivity index (χ1) is 9.15. The maximum Gasteiger partial charge on any atom is 0.256 e. The number of benzene rings is 1. The molecule has 1 N–H and O–H groups in total. The quantitative estimate of drug-likeness (QED) is 0.870. The van der Waals surface area contributed by atoms with Gasteiger partial charge >= 0.3 is 0 Å². The number of nitrogens with zero attached hydrogens (tertiary/aromatic N) is 1. The van der Waals surface area contributed by atoms with Crippen LogP contribution in [-0.2, 0) is 17.8 Å². The summed E-state index contributed by atoms with van der Waals surface area (Å²) >= 11 is 5.94. The van der Waals surface area contributed by atoms with Crippen molar-refractivity contribution in [3.8, 4) is 11.4 Å². The number of nitrogens with one attached hydrogen (secondary N) is 1. The highest BCUT2D eigenvalue weighted by Gasteiger charge is 2.17. The Morgan fingerprint density at radius 1 is 1.42 bits per heavy atom. The second-order valence-corrected chi connectivity index (χ2v) is 5.04. The van der Waals surface area contributed by atoms with Gasteiger partial charge in [-0.1, -0.05) is 11.6 Å². The van der Waals surface area contributed by atoms with Crippen molar-refractivity contribution < 1.29 is 4.74 Å². The van der Waals surface area contributed by atoms with Gasteiger partial charge in [-0.2, -0.15) is 0 Å². The van der Waals surface area contributed by atoms with Gasteiger partial charge in [0.05, 0.1) is 24.5 Å². The molecule has 4 nitrogen and oxygen atoms in total. The smallest absolute Gasteiger partial charge is 0.256 e. The van der Waals surface area contributed by atoms with Gasteiger partial charge in [0.15, 0.2) is 0 Å². The van der Waals surface area contributed by atoms with E-state index in [0.29, 0.717) is 36.0 Å². The number of aryl methyl sites for hydroxylation is 1. The largest absolute Gasteiger partial charge is 0.376 e. The zero-order valence-corrected chi connectivity index (χ0v) is 11.3. The molecule has 1 aliphatic rings. The molecule has 2 aromatic rings. The lowest BCUT2D eigenvalue weighted by Crippen LogP contribution is -2.24. The van der Waals surface area contributed by atoms with E-state index in [4.69, 9.17) is 16.3 Å². The number of halogens is 1. The Kier molecular flexibility index (Phi) is 3.12. The van der Waals surface area contributed by atoms with Crippen molar-refractivity contribution in [2.45, 2.75) is 20.0 Å². The van der Waals surface area contributed by atoms with E-state index in [0.717, 1.165) is 16.8 Å². The highest BCUT2D eigenvalue weighted by atomic mass is 35.5. The van der Waals surface area contributed by atoms with E-state index in [1.165, 1.54) is 0 Å². The van der Waals surface area contributed by atoms with Crippen LogP contribution >= 0.6 is 11.6 Å². The van der Waals surface area contributed by atoms with Gasteiger partial charge in [-0.15, -0.1) is 0 Å². The second kappa shape index (κ2) is 4.79. The van der Waals surface area contributed by atoms with E-state index in [1.54, 1.807) is 6.07 Å². The summed E-state index contributed by atoms with van der Waals surface area (Å²) < 4.78 is 5.28. The SMILES string of the molecule is Cc1cc(Cl)ccc1-c1nc2c(c(=O)[nH]1)COCC2. The summed E-state index contributed by atoms with van der Waals surface area (Å²) in [6.07, 6.45) is 0.679. The molecule has 0 amide bonds. The number of hydrogen-bond donors (Lipinski definition) is 1. The Morgan fingerprint density at radius 3 is 3.05 bits per heavy atom. The van der Waals surface area contributed by atoms with E-state index >= 15 is 0 Å². The summed E-state index contributed by atoms with van der Waals surface area (Å²) in [5, 5.41) is 0.676. The molecule has 2 heterocycles. The molecule has 0 fully saturated rings. The summed E-state index contributed by atoms with van der Waals surface area (Å²) in [6.45, 7) is 2.91. The van der Waals surface area contributed by atoms with Gasteiger partial charge in [-0.3, -0.25) is 4.79 Å². The van der Waals surface area contributed by atoms with Gasteiger partial charge < -0.3 is 9.72 Å². The van der Waals surface area contributed by atoms with Crippen LogP contribution in [0.25, 0.3) is 11.4 Å². The standard InChI is InChI=1S/C14H13ClN2O2/c1-8-6-9(15)2-3-10(8)13-16-12-4-5-19-7-11(12)14(18)17-13/h2-3,6H,4-5,7H2,1H3,(H,16,17,18). The number of aromatic nitrogens is 2. The van der Waals surface area contributed by atoms with Crippen LogP contribution in [0.4, 0.5) is 0 Å². The fourth-order valence-corrected chi connectivity index (χ4v) is 2.49. The van der Waals surface area contributed by atoms with Crippen molar-refractivity contribution in [1.82, 2.24) is 9.97 Å². The first-order valence-corrected chi connectivity index (χ1v) is 6.49. The molecule has 0 unspecified atom stereocenters. The van der Waals surface area contributed by atoms with Crippen molar-refractivity contribution in [3.63, 3.8) is 0 Å². The molecule has 0 spiro atoms. The summed E-state index contributed by atoms with van der Waals surface area (Å²) in [4.78, 5) is 19.4. The Balaban J connectivity index is 2.15. The number of ether oxygens (including phenoxy) is 1. The van der Waals surface area contributed by atoms with Crippen LogP contribution in [0.3, 0.4) is 0 Å². The van der Waals surface area contributed by atoms with Gasteiger partial charge in [-0.25, -0.2) is 4.98 Å². The molecule has 0 radical (unpaired) electrons. The zero-order chi connectivity index (χ0) is 13.4. The summed E-state index contributed by atoms with van der Waals surface area (Å²) in [7, 11) is 0. The minimum absolute atomic E-state index is 0.117. The summed E-state index contributed by atoms with van der Waals surface area (Å²) in [6, 6.07) is 5.54. The van der Waals surface area contributed by atoms with Crippen molar-refractivity contribution in [3.05, 3.63) is 50.4 Å². The van der Waals surface area contributed by atoms with E-state index < -0.39 is 0 Å². The molecule has 0 atom stereocenters. The van der Waals surface area contributed by atoms with Crippen LogP contribution in [0.15, 0.2) is 23.0 Å². The Morgan fingerprint density at radius 2 is 2.26 bits per heavy atom. The lowest BCUT2D eigenvalue weighted by Gasteiger charge is -2.16. The molecule has 0 bridgehead atoms. The first kappa shape index (κ1) is 12.4. The van der Waals surface area contributed by atoms with Crippen molar-refractivity contribution >= 4 is 11.6 Å². The highest BCUT2D eigenvalue weighted by molar-refractivity contribution is 6.30. The average molecular weight is 277 g/mol. The summed E-state index contributed by atoms with van der Waals surface area (Å²) in [5.74, 6) is 0.597. The number of H-pyrrole nitrogens is 1. The number of aromatic amines is 1. The lowest BCUT2D eigenvalue weighted by atomic mass is 10.1. The summed E-state index contributed by atoms with van der Waals surface area (Å²) in [5.41, 5.74) is 3.24. The number of rotatable bonds is 1. The molecule has 98 valence electrons. The van der Waals surface area contributed by atoms with Crippen LogP contribution < -0.4 is 5.56 Å². The predicted molar refractivity (Wildman–Crippen MR) is 73.4 cm³/mol. The van der Waals surface area contributed by atoms with Gasteiger partial charge in [0.2, 0.25) is 0 Å². The third kappa shape index (κ3) is 2.29. The Hall–Kier alpha value is -1.65. The molecular formula is C14H13ClN2O2. The van der Waals surface area contributed by atoms with Crippen molar-refractivity contribution in [2.24, 2.45) is 0 Å². The third-order valence-electron chi connectivity index (χ3n) is 3.27. The van der Waals surface area contributed by atoms with Gasteiger partial charge in [0.1, 0.15) is 5.82 Å². The molecule has 0 aliphatic carbocycles. The van der Waals surface area contributed by atoms with Gasteiger partial charge in [0.25, 0.3) is 5.56 Å². The number of fused-ring (bicyclic) bond motifs is 1. The maximum absolute atomic E-state index is 12.0. The highest BCUT2D eigenvalue weighted by Crippen LogP contribution is 2.23. The molecule has 5 heteroatoms. The van der Waals surface area contributed by atoms with E-state index in [-0.39, 0.29) is 5.56 Å². The van der Waals surface area contributed by atoms with Crippen LogP contribution in [0.1, 0.15) is 16.8 Å². The van der Waals surface area contributed by atoms with Crippen LogP contribution in [0.2, 0.25) is 5.02 Å². The fraction of sp³-hybridized carbons (Fsp3) is 0.286. The molecule has 19 heavy (non-hydrogen) atoms. The molecule has 0 saturated carbocycles. The lowest BCUT2D eigenvalue weighted by molar-refractivity contribution is 0.108. The average Bonchev–Trinajstić information content (AvgIpc) is 2.38. The van der Waals surface area contributed by atoms with E-state index in [1.807, 2.05) is 19.1 Å². The van der Waals surface area contributed by atoms with Gasteiger partial charge in [-0.05, 0) is 30.7 Å². The third-order valence-corrected chi connectivity index (χ3v) is 3.51. The minimum atomic E-state index is -0.117. The maximum atomic E-state index is 12.0. The molecular weight excluding hydrogens is 264 g/mol. The Labute approximate surface area is 115 Å². The van der Waals surface area contributed by atoms with Crippen molar-refractivity contribution in [1.29, 1.82) is 0 Å². The van der Waals surface area contributed by atoms with Crippen LogP contribution in [0, 0.1) is 6.92 Å². The molecule has 1 aromatic heterocycles. The van der Waals surface area contributed by atoms with Gasteiger partial charge in [0, 0.05) is 17.0 Å². The molecule has 1 aliphatic heterocycles. The van der Waals surface area contributed by atoms with Crippen molar-refractivity contribution in [2.75, 3.05) is 6.61 Å². The topological polar surface area (TPSA) is 55.0 Å². The number of hydrogen-bond acceptors (Lipinski definition) is 3. The second-order valence-electron chi connectivity index (χ2n) is 4.60. The monoisotopic (exact) mass is 276 g/mol. The predicted octanol–water partition coefficient (Wildman–Crippen LogP) is 2.47. The van der Waals surface area contributed by atoms with Crippen LogP contribution in [-0.4, -0.2) is 16.6 Å². The van der Waals surface area contributed by atoms with Crippen LogP contribution in [0.5, 0.6) is 0 Å². The van der Waals surface area contributed by atoms with E-state index in [9.17, 15) is 4.79 Å². The van der Waals surface area contributed by atoms with E-state index in [2.05, 4.69) is 9.97 Å². The molecule has 3 rings (SSSR count). The molecule has 1 aromatic carbocycles. The first-order valence-electron chi connectivity index (χ1n) is 6.11. The normalized spacial score (nSPS) is 14.2. The zero-order valence-electron chi connectivity index (χ0n) is 10.5.